The number of rotatable bonds is 3. The van der Waals surface area contributed by atoms with Crippen LogP contribution in [0.25, 0.3) is 50.4 Å². The van der Waals surface area contributed by atoms with Gasteiger partial charge in [-0.15, -0.1) is 0 Å². The number of pyridine rings is 3. The van der Waals surface area contributed by atoms with Gasteiger partial charge in [-0.3, -0.25) is 15.0 Å². The average molecular weight is 603 g/mol. The normalized spacial score (nSPS) is 13.4. The molecule has 1 aliphatic carbocycles. The second-order valence-electron chi connectivity index (χ2n) is 12.0. The zero-order chi connectivity index (χ0) is 31.0. The summed E-state index contributed by atoms with van der Waals surface area (Å²) in [5.74, 6) is 1.55. The van der Waals surface area contributed by atoms with Gasteiger partial charge in [-0.1, -0.05) is 103 Å². The molecular formula is C42H26N4O. The van der Waals surface area contributed by atoms with Gasteiger partial charge in [-0.25, -0.2) is 0 Å². The van der Waals surface area contributed by atoms with Crippen LogP contribution in [0.15, 0.2) is 158 Å². The van der Waals surface area contributed by atoms with Gasteiger partial charge in [-0.05, 0) is 52.6 Å². The third kappa shape index (κ3) is 3.51. The average Bonchev–Trinajstić information content (AvgIpc) is 3.57. The van der Waals surface area contributed by atoms with Crippen LogP contribution in [0, 0.1) is 0 Å². The molecule has 5 nitrogen and oxygen atoms in total. The first-order valence-corrected chi connectivity index (χ1v) is 15.8. The van der Waals surface area contributed by atoms with E-state index in [2.05, 4.69) is 131 Å². The third-order valence-corrected chi connectivity index (χ3v) is 9.68. The Labute approximate surface area is 271 Å². The Morgan fingerprint density at radius 1 is 0.553 bits per heavy atom. The van der Waals surface area contributed by atoms with Crippen molar-refractivity contribution in [3.63, 3.8) is 0 Å². The molecule has 0 atom stereocenters. The molecule has 5 heteroatoms. The Kier molecular flexibility index (Phi) is 5.43. The maximum absolute atomic E-state index is 6.81. The van der Waals surface area contributed by atoms with Gasteiger partial charge in [0.25, 0.3) is 0 Å². The second-order valence-corrected chi connectivity index (χ2v) is 12.0. The van der Waals surface area contributed by atoms with E-state index in [1.807, 2.05) is 36.9 Å². The van der Waals surface area contributed by atoms with E-state index in [1.54, 1.807) is 0 Å². The first kappa shape index (κ1) is 25.9. The highest BCUT2D eigenvalue weighted by atomic mass is 16.5. The van der Waals surface area contributed by atoms with Crippen LogP contribution in [-0.4, -0.2) is 19.5 Å². The number of ether oxygens (including phenoxy) is 1. The van der Waals surface area contributed by atoms with Crippen LogP contribution in [0.5, 0.6) is 11.5 Å². The minimum absolute atomic E-state index is 0.610. The Bertz CT molecular complexity index is 2460. The molecule has 10 rings (SSSR count). The summed E-state index contributed by atoms with van der Waals surface area (Å²) < 4.78 is 9.12. The lowest BCUT2D eigenvalue weighted by Gasteiger charge is -2.33. The van der Waals surface area contributed by atoms with E-state index in [9.17, 15) is 0 Å². The summed E-state index contributed by atoms with van der Waals surface area (Å²) in [5, 5.41) is 1.02. The van der Waals surface area contributed by atoms with E-state index in [0.717, 1.165) is 73.0 Å². The molecule has 8 aromatic rings. The summed E-state index contributed by atoms with van der Waals surface area (Å²) in [6, 6.07) is 47.0. The van der Waals surface area contributed by atoms with Gasteiger partial charge in [0.15, 0.2) is 11.5 Å². The fourth-order valence-corrected chi connectivity index (χ4v) is 7.80. The van der Waals surface area contributed by atoms with Crippen molar-refractivity contribution in [2.75, 3.05) is 0 Å². The molecule has 0 N–H and O–H groups in total. The Morgan fingerprint density at radius 2 is 1.26 bits per heavy atom. The van der Waals surface area contributed by atoms with Gasteiger partial charge in [-0.2, -0.15) is 0 Å². The first-order valence-electron chi connectivity index (χ1n) is 15.8. The van der Waals surface area contributed by atoms with Gasteiger partial charge in [0.1, 0.15) is 0 Å². The molecule has 0 unspecified atom stereocenters. The lowest BCUT2D eigenvalue weighted by atomic mass is 9.68. The highest BCUT2D eigenvalue weighted by Crippen LogP contribution is 2.56. The number of para-hydroxylation sites is 1. The van der Waals surface area contributed by atoms with Gasteiger partial charge < -0.3 is 9.30 Å². The molecule has 0 bridgehead atoms. The van der Waals surface area contributed by atoms with Gasteiger partial charge in [0.05, 0.1) is 46.1 Å². The molecule has 0 amide bonds. The molecule has 4 aromatic carbocycles. The lowest BCUT2D eigenvalue weighted by molar-refractivity contribution is 0.490. The SMILES string of the molecule is c1ccc(C2(c3ccccc3)c3cccnc3-c3ncc(-n4c5c(c6ccccc64)Oc4cnccc4-c4ccccc4-5)cc32)cc1. The van der Waals surface area contributed by atoms with Crippen molar-refractivity contribution >= 4 is 10.9 Å². The molecule has 4 aromatic heterocycles. The predicted molar refractivity (Wildman–Crippen MR) is 185 cm³/mol. The molecule has 1 aliphatic heterocycles. The summed E-state index contributed by atoms with van der Waals surface area (Å²) in [4.78, 5) is 14.6. The molecule has 0 saturated carbocycles. The largest absolute Gasteiger partial charge is 0.452 e. The summed E-state index contributed by atoms with van der Waals surface area (Å²) in [6.45, 7) is 0. The van der Waals surface area contributed by atoms with E-state index < -0.39 is 5.41 Å². The van der Waals surface area contributed by atoms with Crippen molar-refractivity contribution < 1.29 is 4.74 Å². The zero-order valence-electron chi connectivity index (χ0n) is 25.2. The van der Waals surface area contributed by atoms with Crippen LogP contribution < -0.4 is 4.74 Å². The van der Waals surface area contributed by atoms with Crippen LogP contribution in [0.2, 0.25) is 0 Å². The molecule has 47 heavy (non-hydrogen) atoms. The summed E-state index contributed by atoms with van der Waals surface area (Å²) in [7, 11) is 0. The standard InChI is InChI=1S/C42H26N4O/c1-3-12-27(13-4-1)42(28-14-5-2-6-15-28)34-19-11-22-44-38(34)39-35(42)24-29(25-45-39)46-36-20-10-9-18-33(36)41-40(46)32-17-8-7-16-30(32)31-21-23-43-26-37(31)47-41/h1-26H. The molecule has 5 heterocycles. The Morgan fingerprint density at radius 3 is 2.06 bits per heavy atom. The quantitative estimate of drug-likeness (QED) is 0.202. The van der Waals surface area contributed by atoms with Gasteiger partial charge in [0.2, 0.25) is 0 Å². The fraction of sp³-hybridized carbons (Fsp3) is 0.0238. The monoisotopic (exact) mass is 602 g/mol. The van der Waals surface area contributed by atoms with Crippen molar-refractivity contribution in [3.8, 4) is 51.0 Å². The molecule has 0 saturated heterocycles. The summed E-state index contributed by atoms with van der Waals surface area (Å²) in [6.07, 6.45) is 7.48. The number of hydrogen-bond donors (Lipinski definition) is 0. The minimum atomic E-state index is -0.610. The maximum atomic E-state index is 6.81. The van der Waals surface area contributed by atoms with E-state index in [-0.39, 0.29) is 0 Å². The highest BCUT2D eigenvalue weighted by Gasteiger charge is 2.48. The van der Waals surface area contributed by atoms with Crippen molar-refractivity contribution in [2.45, 2.75) is 5.41 Å². The number of nitrogens with zero attached hydrogens (tertiary/aromatic N) is 4. The van der Waals surface area contributed by atoms with E-state index >= 15 is 0 Å². The molecule has 0 fully saturated rings. The van der Waals surface area contributed by atoms with Crippen molar-refractivity contribution in [1.82, 2.24) is 19.5 Å². The third-order valence-electron chi connectivity index (χ3n) is 9.68. The molecule has 220 valence electrons. The van der Waals surface area contributed by atoms with Gasteiger partial charge in [0, 0.05) is 34.5 Å². The number of hydrogen-bond acceptors (Lipinski definition) is 4. The maximum Gasteiger partial charge on any atom is 0.161 e. The molecular weight excluding hydrogens is 576 g/mol. The van der Waals surface area contributed by atoms with Gasteiger partial charge >= 0.3 is 0 Å². The Balaban J connectivity index is 1.32. The van der Waals surface area contributed by atoms with E-state index in [4.69, 9.17) is 14.7 Å². The van der Waals surface area contributed by atoms with Crippen molar-refractivity contribution in [1.29, 1.82) is 0 Å². The lowest BCUT2D eigenvalue weighted by Crippen LogP contribution is -2.28. The number of benzene rings is 4. The first-order chi connectivity index (χ1) is 23.3. The topological polar surface area (TPSA) is 52.8 Å². The molecule has 2 aliphatic rings. The van der Waals surface area contributed by atoms with E-state index in [0.29, 0.717) is 0 Å². The second kappa shape index (κ2) is 9.83. The molecule has 0 spiro atoms. The van der Waals surface area contributed by atoms with Crippen molar-refractivity contribution in [3.05, 3.63) is 181 Å². The number of fused-ring (bicyclic) bond motifs is 10. The van der Waals surface area contributed by atoms with Crippen LogP contribution >= 0.6 is 0 Å². The molecule has 0 radical (unpaired) electrons. The van der Waals surface area contributed by atoms with Crippen molar-refractivity contribution in [2.24, 2.45) is 0 Å². The minimum Gasteiger partial charge on any atom is -0.452 e. The number of aromatic nitrogens is 4. The van der Waals surface area contributed by atoms with Crippen LogP contribution in [0.4, 0.5) is 0 Å². The fourth-order valence-electron chi connectivity index (χ4n) is 7.80. The van der Waals surface area contributed by atoms with E-state index in [1.165, 1.54) is 11.1 Å². The predicted octanol–water partition coefficient (Wildman–Crippen LogP) is 9.62. The smallest absolute Gasteiger partial charge is 0.161 e. The van der Waals surface area contributed by atoms with Crippen LogP contribution in [-0.2, 0) is 5.41 Å². The Hall–Kier alpha value is -6.33. The zero-order valence-corrected chi connectivity index (χ0v) is 25.2. The van der Waals surface area contributed by atoms with Crippen LogP contribution in [0.3, 0.4) is 0 Å². The van der Waals surface area contributed by atoms with Crippen LogP contribution in [0.1, 0.15) is 22.3 Å². The summed E-state index contributed by atoms with van der Waals surface area (Å²) >= 11 is 0. The highest BCUT2D eigenvalue weighted by molar-refractivity contribution is 6.02. The summed E-state index contributed by atoms with van der Waals surface area (Å²) in [5.41, 5.74) is 12.0.